The Kier molecular flexibility index (Phi) is 22.3. The number of fused-ring (bicyclic) bond motifs is 3. The third-order valence-electron chi connectivity index (χ3n) is 4.77. The van der Waals surface area contributed by atoms with E-state index < -0.39 is 0 Å². The smallest absolute Gasteiger partial charge is 0.369 e. The van der Waals surface area contributed by atoms with Crippen molar-refractivity contribution in [3.8, 4) is 23.0 Å². The van der Waals surface area contributed by atoms with Crippen LogP contribution in [0.1, 0.15) is 19.9 Å². The van der Waals surface area contributed by atoms with Crippen molar-refractivity contribution in [2.45, 2.75) is 20.8 Å². The molecule has 13 heteroatoms. The van der Waals surface area contributed by atoms with Gasteiger partial charge in [-0.3, -0.25) is 0 Å². The van der Waals surface area contributed by atoms with Gasteiger partial charge in [0.2, 0.25) is 0 Å². The molecule has 0 bridgehead atoms. The van der Waals surface area contributed by atoms with E-state index in [4.69, 9.17) is 56.8 Å². The Hall–Kier alpha value is -2.02. The van der Waals surface area contributed by atoms with Gasteiger partial charge in [-0.1, -0.05) is 7.43 Å². The summed E-state index contributed by atoms with van der Waals surface area (Å²) in [6, 6.07) is 19.7. The Bertz CT molecular complexity index is 1400. The van der Waals surface area contributed by atoms with Gasteiger partial charge in [0.25, 0.3) is 0 Å². The number of alkyl halides is 2. The molecule has 3 heterocycles. The standard InChI is InChI=1S/C9H8O2.C8H8O2.C8H6O2.C2H6O.CH2Cl2.CH4.BBr3/c1-10-8-2-3-9-7(6-8)4-5-11-9;2*9-7-1-2-8-6(5-7)3-4-10-8;1-2-3;2-1-3;;2-1(3)4/h2-6H,1H3;1-2,5,9H,3-4H2;1-5,9H;3H,2H2,1H3;1H2;1H4;. The fourth-order valence-electron chi connectivity index (χ4n) is 3.20. The van der Waals surface area contributed by atoms with E-state index in [1.54, 1.807) is 63.0 Å². The van der Waals surface area contributed by atoms with Crippen molar-refractivity contribution in [3.05, 3.63) is 84.8 Å². The van der Waals surface area contributed by atoms with Crippen LogP contribution in [0.4, 0.5) is 0 Å². The Labute approximate surface area is 281 Å². The molecule has 0 amide bonds. The molecule has 0 radical (unpaired) electrons. The Morgan fingerprint density at radius 3 is 1.86 bits per heavy atom. The van der Waals surface area contributed by atoms with Crippen LogP contribution < -0.4 is 9.47 Å². The van der Waals surface area contributed by atoms with Crippen LogP contribution in [0, 0.1) is 0 Å². The van der Waals surface area contributed by atoms with Crippen molar-refractivity contribution < 1.29 is 33.6 Å². The lowest BCUT2D eigenvalue weighted by Crippen LogP contribution is -1.85. The van der Waals surface area contributed by atoms with E-state index in [-0.39, 0.29) is 28.3 Å². The van der Waals surface area contributed by atoms with E-state index in [1.165, 1.54) is 0 Å². The number of benzene rings is 3. The van der Waals surface area contributed by atoms with E-state index in [0.717, 1.165) is 52.0 Å². The summed E-state index contributed by atoms with van der Waals surface area (Å²) in [7, 11) is 1.65. The zero-order valence-electron chi connectivity index (χ0n) is 22.3. The molecule has 0 aliphatic carbocycles. The van der Waals surface area contributed by atoms with Gasteiger partial charge in [0.15, 0.2) is 0 Å². The summed E-state index contributed by atoms with van der Waals surface area (Å²) in [6.07, 6.45) is 4.19. The Morgan fingerprint density at radius 1 is 0.833 bits per heavy atom. The summed E-state index contributed by atoms with van der Waals surface area (Å²) in [4.78, 5) is 0. The maximum absolute atomic E-state index is 9.04. The number of hydrogen-bond donors (Lipinski definition) is 3. The molecule has 0 spiro atoms. The van der Waals surface area contributed by atoms with Crippen molar-refractivity contribution >= 4 is 95.6 Å². The molecule has 0 fully saturated rings. The molecule has 0 atom stereocenters. The second-order valence-corrected chi connectivity index (χ2v) is 14.8. The molecule has 1 aliphatic rings. The van der Waals surface area contributed by atoms with Gasteiger partial charge >= 0.3 is 3.18 Å². The molecular weight excluding hydrogens is 782 g/mol. The van der Waals surface area contributed by atoms with E-state index in [0.29, 0.717) is 5.75 Å². The summed E-state index contributed by atoms with van der Waals surface area (Å²) in [5, 5.41) is 27.8. The van der Waals surface area contributed by atoms with Gasteiger partial charge < -0.3 is 33.6 Å². The summed E-state index contributed by atoms with van der Waals surface area (Å²) in [6.45, 7) is 2.68. The number of furan rings is 2. The number of halogens is 5. The maximum Gasteiger partial charge on any atom is 0.369 e. The first-order valence-corrected chi connectivity index (χ1v) is 15.8. The highest BCUT2D eigenvalue weighted by Gasteiger charge is 2.10. The highest BCUT2D eigenvalue weighted by Crippen LogP contribution is 2.28. The van der Waals surface area contributed by atoms with Gasteiger partial charge in [-0.25, -0.2) is 0 Å². The molecule has 5 aromatic rings. The predicted molar refractivity (Wildman–Crippen MR) is 187 cm³/mol. The number of hydrogen-bond acceptors (Lipinski definition) is 7. The summed E-state index contributed by atoms with van der Waals surface area (Å²) >= 11 is 18.8. The third kappa shape index (κ3) is 16.0. The average molecular weight is 816 g/mol. The highest BCUT2D eigenvalue weighted by atomic mass is 79.9. The molecule has 230 valence electrons. The van der Waals surface area contributed by atoms with Gasteiger partial charge in [0.05, 0.1) is 31.6 Å². The number of phenols is 2. The number of aromatic hydroxyl groups is 2. The predicted octanol–water partition coefficient (Wildman–Crippen LogP) is 10.1. The van der Waals surface area contributed by atoms with E-state index in [1.807, 2.05) is 30.3 Å². The van der Waals surface area contributed by atoms with Gasteiger partial charge in [-0.15, -0.1) is 70.5 Å². The molecule has 7 nitrogen and oxygen atoms in total. The van der Waals surface area contributed by atoms with Crippen molar-refractivity contribution in [3.63, 3.8) is 0 Å². The second-order valence-electron chi connectivity index (χ2n) is 7.52. The first-order valence-electron chi connectivity index (χ1n) is 12.0. The average Bonchev–Trinajstić information content (AvgIpc) is 3.70. The SMILES string of the molecule is BrB(Br)Br.C.CCO.COc1ccc2occc2c1.ClCCl.Oc1ccc2c(c1)CCO2.Oc1ccc2occc2c1. The fourth-order valence-corrected chi connectivity index (χ4v) is 3.20. The third-order valence-corrected chi connectivity index (χ3v) is 4.77. The van der Waals surface area contributed by atoms with Crippen molar-refractivity contribution in [2.24, 2.45) is 0 Å². The van der Waals surface area contributed by atoms with Crippen molar-refractivity contribution in [2.75, 3.05) is 25.7 Å². The zero-order chi connectivity index (χ0) is 30.6. The number of aliphatic hydroxyl groups excluding tert-OH is 1. The number of phenolic OH excluding ortho intramolecular Hbond substituents is 2. The number of ether oxygens (including phenoxy) is 2. The molecule has 0 unspecified atom stereocenters. The summed E-state index contributed by atoms with van der Waals surface area (Å²) in [5.41, 5.74) is 2.81. The van der Waals surface area contributed by atoms with Crippen LogP contribution in [0.5, 0.6) is 23.0 Å². The van der Waals surface area contributed by atoms with Crippen LogP contribution in [-0.4, -0.2) is 44.2 Å². The first kappa shape index (κ1) is 40.0. The van der Waals surface area contributed by atoms with Gasteiger partial charge in [-0.2, -0.15) is 0 Å². The summed E-state index contributed by atoms with van der Waals surface area (Å²) in [5.74, 6) is 2.37. The molecule has 0 saturated carbocycles. The molecule has 1 aliphatic heterocycles. The Morgan fingerprint density at radius 2 is 1.31 bits per heavy atom. The zero-order valence-corrected chi connectivity index (χ0v) is 28.5. The molecule has 6 rings (SSSR count). The molecular formula is C29H34BBr3Cl2O7. The monoisotopic (exact) mass is 812 g/mol. The van der Waals surface area contributed by atoms with Crippen LogP contribution >= 0.6 is 70.5 Å². The lowest BCUT2D eigenvalue weighted by Gasteiger charge is -1.96. The largest absolute Gasteiger partial charge is 0.508 e. The number of methoxy groups -OCH3 is 1. The van der Waals surface area contributed by atoms with Crippen LogP contribution in [-0.2, 0) is 6.42 Å². The van der Waals surface area contributed by atoms with Crippen LogP contribution in [0.2, 0.25) is 0 Å². The highest BCUT2D eigenvalue weighted by molar-refractivity contribution is 9.69. The van der Waals surface area contributed by atoms with E-state index >= 15 is 0 Å². The van der Waals surface area contributed by atoms with E-state index in [9.17, 15) is 0 Å². The molecule has 2 aromatic heterocycles. The minimum atomic E-state index is 0. The van der Waals surface area contributed by atoms with Gasteiger partial charge in [0.1, 0.15) is 34.2 Å². The quantitative estimate of drug-likeness (QED) is 0.114. The summed E-state index contributed by atoms with van der Waals surface area (Å²) < 4.78 is 20.8. The minimum Gasteiger partial charge on any atom is -0.508 e. The maximum atomic E-state index is 9.04. The van der Waals surface area contributed by atoms with Gasteiger partial charge in [0, 0.05) is 29.4 Å². The normalized spacial score (nSPS) is 10.1. The lowest BCUT2D eigenvalue weighted by atomic mass is 10.2. The molecule has 3 N–H and O–H groups in total. The number of rotatable bonds is 1. The lowest BCUT2D eigenvalue weighted by molar-refractivity contribution is 0.318. The van der Waals surface area contributed by atoms with Crippen LogP contribution in [0.3, 0.4) is 0 Å². The van der Waals surface area contributed by atoms with Crippen molar-refractivity contribution in [1.29, 1.82) is 0 Å². The van der Waals surface area contributed by atoms with Crippen LogP contribution in [0.25, 0.3) is 21.9 Å². The molecule has 0 saturated heterocycles. The van der Waals surface area contributed by atoms with Crippen LogP contribution in [0.15, 0.2) is 88.1 Å². The molecule has 42 heavy (non-hydrogen) atoms. The van der Waals surface area contributed by atoms with Crippen molar-refractivity contribution in [1.82, 2.24) is 0 Å². The topological polar surface area (TPSA) is 105 Å². The second kappa shape index (κ2) is 23.4. The number of aliphatic hydroxyl groups is 1. The minimum absolute atomic E-state index is 0. The van der Waals surface area contributed by atoms with E-state index in [2.05, 4.69) is 47.3 Å². The fraction of sp³-hybridized carbons (Fsp3) is 0.241. The van der Waals surface area contributed by atoms with Gasteiger partial charge in [-0.05, 0) is 73.7 Å². The first-order chi connectivity index (χ1) is 19.7. The molecule has 3 aromatic carbocycles. The Balaban J connectivity index is 0.000000515.